The number of carboxylic acid groups (broad SMARTS) is 1. The van der Waals surface area contributed by atoms with E-state index in [2.05, 4.69) is 0 Å². The summed E-state index contributed by atoms with van der Waals surface area (Å²) in [6.45, 7) is 3.07. The van der Waals surface area contributed by atoms with Crippen LogP contribution in [-0.2, 0) is 15.1 Å². The monoisotopic (exact) mass is 248 g/mol. The van der Waals surface area contributed by atoms with Crippen molar-refractivity contribution in [3.8, 4) is 0 Å². The SMILES string of the molecule is CC1=C(Cl)C(=S(=O)=O)C(C)C(C(=O)O)=C1. The minimum atomic E-state index is -2.50. The van der Waals surface area contributed by atoms with Crippen LogP contribution in [0.5, 0.6) is 0 Å². The molecule has 0 aromatic rings. The number of carbonyl (C=O) groups is 1. The molecule has 0 aromatic heterocycles. The van der Waals surface area contributed by atoms with Crippen LogP contribution in [0.3, 0.4) is 0 Å². The molecular formula is C9H9ClO4S. The van der Waals surface area contributed by atoms with Gasteiger partial charge in [0, 0.05) is 11.5 Å². The van der Waals surface area contributed by atoms with Crippen LogP contribution in [0.25, 0.3) is 0 Å². The topological polar surface area (TPSA) is 71.4 Å². The van der Waals surface area contributed by atoms with E-state index in [1.165, 1.54) is 13.0 Å². The molecule has 1 aliphatic carbocycles. The van der Waals surface area contributed by atoms with E-state index < -0.39 is 22.2 Å². The minimum absolute atomic E-state index is 0.0381. The Morgan fingerprint density at radius 3 is 2.47 bits per heavy atom. The summed E-state index contributed by atoms with van der Waals surface area (Å²) in [5, 5.41) is 8.98. The maximum atomic E-state index is 10.9. The third kappa shape index (κ3) is 2.13. The minimum Gasteiger partial charge on any atom is -0.478 e. The van der Waals surface area contributed by atoms with Gasteiger partial charge in [0.1, 0.15) is 0 Å². The van der Waals surface area contributed by atoms with Crippen LogP contribution >= 0.6 is 11.6 Å². The number of hydrogen-bond acceptors (Lipinski definition) is 3. The fourth-order valence-corrected chi connectivity index (χ4v) is 2.54. The summed E-state index contributed by atoms with van der Waals surface area (Å²) >= 11 is 5.80. The van der Waals surface area contributed by atoms with Gasteiger partial charge in [-0.3, -0.25) is 0 Å². The van der Waals surface area contributed by atoms with Gasteiger partial charge in [-0.2, -0.15) is 8.42 Å². The molecule has 0 saturated carbocycles. The molecular weight excluding hydrogens is 240 g/mol. The van der Waals surface area contributed by atoms with Gasteiger partial charge in [0.05, 0.1) is 9.90 Å². The Hall–Kier alpha value is -1.07. The second-order valence-corrected chi connectivity index (χ2v) is 4.51. The Bertz CT molecular complexity index is 502. The van der Waals surface area contributed by atoms with E-state index in [0.29, 0.717) is 5.57 Å². The largest absolute Gasteiger partial charge is 0.478 e. The lowest BCUT2D eigenvalue weighted by atomic mass is 9.90. The van der Waals surface area contributed by atoms with Crippen LogP contribution < -0.4 is 0 Å². The molecule has 0 heterocycles. The molecule has 0 bridgehead atoms. The zero-order valence-electron chi connectivity index (χ0n) is 8.11. The second kappa shape index (κ2) is 4.20. The van der Waals surface area contributed by atoms with Crippen molar-refractivity contribution < 1.29 is 18.3 Å². The number of rotatable bonds is 1. The average Bonchev–Trinajstić information content (AvgIpc) is 2.10. The molecule has 0 aromatic carbocycles. The maximum Gasteiger partial charge on any atom is 0.332 e. The van der Waals surface area contributed by atoms with Gasteiger partial charge in [-0.15, -0.1) is 0 Å². The third-order valence-electron chi connectivity index (χ3n) is 2.22. The Balaban J connectivity index is 3.51. The first-order chi connectivity index (χ1) is 6.86. The fraction of sp³-hybridized carbons (Fsp3) is 0.333. The highest BCUT2D eigenvalue weighted by molar-refractivity contribution is 7.73. The smallest absolute Gasteiger partial charge is 0.332 e. The molecule has 6 heteroatoms. The zero-order valence-corrected chi connectivity index (χ0v) is 9.69. The summed E-state index contributed by atoms with van der Waals surface area (Å²) < 4.78 is 21.8. The van der Waals surface area contributed by atoms with Crippen molar-refractivity contribution in [3.63, 3.8) is 0 Å². The molecule has 1 atom stereocenters. The van der Waals surface area contributed by atoms with E-state index in [1.54, 1.807) is 6.92 Å². The van der Waals surface area contributed by atoms with E-state index in [0.717, 1.165) is 0 Å². The molecule has 15 heavy (non-hydrogen) atoms. The molecule has 82 valence electrons. The van der Waals surface area contributed by atoms with E-state index in [1.807, 2.05) is 0 Å². The zero-order chi connectivity index (χ0) is 11.7. The molecule has 4 nitrogen and oxygen atoms in total. The average molecular weight is 249 g/mol. The quantitative estimate of drug-likeness (QED) is 0.708. The van der Waals surface area contributed by atoms with Crippen LogP contribution in [0.4, 0.5) is 0 Å². The van der Waals surface area contributed by atoms with Crippen molar-refractivity contribution in [2.24, 2.45) is 5.92 Å². The molecule has 0 radical (unpaired) electrons. The van der Waals surface area contributed by atoms with E-state index >= 15 is 0 Å². The first-order valence-electron chi connectivity index (χ1n) is 4.14. The third-order valence-corrected chi connectivity index (χ3v) is 3.75. The van der Waals surface area contributed by atoms with Crippen LogP contribution in [0.15, 0.2) is 22.3 Å². The van der Waals surface area contributed by atoms with Crippen LogP contribution in [0.2, 0.25) is 0 Å². The van der Waals surface area contributed by atoms with Crippen LogP contribution in [0, 0.1) is 5.92 Å². The van der Waals surface area contributed by atoms with Gasteiger partial charge < -0.3 is 5.11 Å². The first-order valence-corrected chi connectivity index (χ1v) is 5.59. The van der Waals surface area contributed by atoms with Crippen molar-refractivity contribution in [2.75, 3.05) is 0 Å². The van der Waals surface area contributed by atoms with Gasteiger partial charge in [-0.05, 0) is 18.6 Å². The summed E-state index contributed by atoms with van der Waals surface area (Å²) in [6.07, 6.45) is 1.39. The maximum absolute atomic E-state index is 10.9. The summed E-state index contributed by atoms with van der Waals surface area (Å²) in [7, 11) is -2.50. The van der Waals surface area contributed by atoms with Crippen molar-refractivity contribution >= 4 is 32.7 Å². The highest BCUT2D eigenvalue weighted by Gasteiger charge is 2.29. The lowest BCUT2D eigenvalue weighted by Crippen LogP contribution is -2.24. The van der Waals surface area contributed by atoms with Gasteiger partial charge in [0.2, 0.25) is 10.3 Å². The summed E-state index contributed by atoms with van der Waals surface area (Å²) in [5.74, 6) is -1.84. The summed E-state index contributed by atoms with van der Waals surface area (Å²) in [5.41, 5.74) is 0.488. The second-order valence-electron chi connectivity index (χ2n) is 3.22. The highest BCUT2D eigenvalue weighted by atomic mass is 35.5. The lowest BCUT2D eigenvalue weighted by molar-refractivity contribution is -0.133. The number of allylic oxidation sites excluding steroid dienone is 3. The number of aliphatic carboxylic acids is 1. The van der Waals surface area contributed by atoms with Gasteiger partial charge in [-0.1, -0.05) is 18.5 Å². The standard InChI is InChI=1S/C9H9ClO4S/c1-4-3-6(9(11)12)5(2)8(7(4)10)15(13)14/h3,5H,1-2H3,(H,11,12). The van der Waals surface area contributed by atoms with E-state index in [4.69, 9.17) is 16.7 Å². The number of halogens is 1. The van der Waals surface area contributed by atoms with Crippen LogP contribution in [-0.4, -0.2) is 24.4 Å². The highest BCUT2D eigenvalue weighted by Crippen LogP contribution is 2.28. The van der Waals surface area contributed by atoms with Gasteiger partial charge in [0.25, 0.3) is 0 Å². The molecule has 0 spiro atoms. The van der Waals surface area contributed by atoms with Gasteiger partial charge in [0.15, 0.2) is 0 Å². The molecule has 0 fully saturated rings. The van der Waals surface area contributed by atoms with Crippen molar-refractivity contribution in [1.29, 1.82) is 0 Å². The van der Waals surface area contributed by atoms with Crippen LogP contribution in [0.1, 0.15) is 13.8 Å². The molecule has 1 N–H and O–H groups in total. The Morgan fingerprint density at radius 2 is 2.07 bits per heavy atom. The number of hydrogen-bond donors (Lipinski definition) is 1. The Kier molecular flexibility index (Phi) is 3.36. The van der Waals surface area contributed by atoms with E-state index in [-0.39, 0.29) is 15.5 Å². The predicted octanol–water partition coefficient (Wildman–Crippen LogP) is 1.21. The fourth-order valence-electron chi connectivity index (χ4n) is 1.41. The molecule has 0 aliphatic heterocycles. The van der Waals surface area contributed by atoms with E-state index in [9.17, 15) is 13.2 Å². The molecule has 1 rings (SSSR count). The molecule has 1 aliphatic rings. The molecule has 0 saturated heterocycles. The predicted molar refractivity (Wildman–Crippen MR) is 57.4 cm³/mol. The molecule has 1 unspecified atom stereocenters. The Labute approximate surface area is 93.4 Å². The van der Waals surface area contributed by atoms with Crippen molar-refractivity contribution in [3.05, 3.63) is 22.3 Å². The molecule has 0 amide bonds. The number of carboxylic acids is 1. The lowest BCUT2D eigenvalue weighted by Gasteiger charge is -2.18. The normalized spacial score (nSPS) is 21.4. The van der Waals surface area contributed by atoms with Gasteiger partial charge in [-0.25, -0.2) is 4.79 Å². The Morgan fingerprint density at radius 1 is 1.53 bits per heavy atom. The summed E-state index contributed by atoms with van der Waals surface area (Å²) in [4.78, 5) is 10.8. The first kappa shape index (κ1) is 12.0. The van der Waals surface area contributed by atoms with Crippen molar-refractivity contribution in [1.82, 2.24) is 0 Å². The van der Waals surface area contributed by atoms with Gasteiger partial charge >= 0.3 is 5.97 Å². The van der Waals surface area contributed by atoms with Crippen molar-refractivity contribution in [2.45, 2.75) is 13.8 Å². The summed E-state index contributed by atoms with van der Waals surface area (Å²) in [6, 6.07) is 0.